The Kier molecular flexibility index (Phi) is 4.90. The molecule has 2 aromatic heterocycles. The van der Waals surface area contributed by atoms with Gasteiger partial charge in [0.1, 0.15) is 0 Å². The van der Waals surface area contributed by atoms with Crippen molar-refractivity contribution in [3.63, 3.8) is 0 Å². The van der Waals surface area contributed by atoms with Crippen molar-refractivity contribution < 1.29 is 18.1 Å². The number of rotatable bonds is 6. The Morgan fingerprint density at radius 2 is 1.70 bits per heavy atom. The third-order valence-corrected chi connectivity index (χ3v) is 5.11. The molecule has 0 fully saturated rings. The van der Waals surface area contributed by atoms with Crippen molar-refractivity contribution in [2.75, 3.05) is 4.31 Å². The second-order valence-corrected chi connectivity index (χ2v) is 7.02. The first-order valence-corrected chi connectivity index (χ1v) is 9.00. The fraction of sp³-hybridized carbons (Fsp3) is 0. The van der Waals surface area contributed by atoms with Crippen LogP contribution in [-0.2, 0) is 14.8 Å². The van der Waals surface area contributed by atoms with Gasteiger partial charge in [0, 0.05) is 12.3 Å². The third kappa shape index (κ3) is 3.65. The van der Waals surface area contributed by atoms with Gasteiger partial charge in [-0.1, -0.05) is 24.3 Å². The van der Waals surface area contributed by atoms with E-state index in [1.165, 1.54) is 24.4 Å². The number of hydrogen-bond donors (Lipinski definition) is 0. The summed E-state index contributed by atoms with van der Waals surface area (Å²) in [5, 5.41) is 10.6. The van der Waals surface area contributed by atoms with Crippen molar-refractivity contribution in [1.82, 2.24) is 9.97 Å². The lowest BCUT2D eigenvalue weighted by molar-refractivity contribution is -0.385. The molecule has 9 nitrogen and oxygen atoms in total. The van der Waals surface area contributed by atoms with Crippen LogP contribution in [0, 0.1) is 10.1 Å². The van der Waals surface area contributed by atoms with E-state index in [2.05, 4.69) is 9.97 Å². The summed E-state index contributed by atoms with van der Waals surface area (Å²) in [5.74, 6) is 0. The summed E-state index contributed by atoms with van der Waals surface area (Å²) in [6.45, 7) is 0. The molecule has 0 atom stereocenters. The van der Waals surface area contributed by atoms with Gasteiger partial charge in [0.05, 0.1) is 28.1 Å². The Labute approximate surface area is 154 Å². The van der Waals surface area contributed by atoms with Crippen molar-refractivity contribution in [3.8, 4) is 11.4 Å². The van der Waals surface area contributed by atoms with E-state index >= 15 is 0 Å². The van der Waals surface area contributed by atoms with E-state index in [1.54, 1.807) is 30.3 Å². The summed E-state index contributed by atoms with van der Waals surface area (Å²) >= 11 is 0. The number of amides is 1. The quantitative estimate of drug-likeness (QED) is 0.363. The number of aromatic nitrogens is 2. The average molecular weight is 384 g/mol. The summed E-state index contributed by atoms with van der Waals surface area (Å²) in [6.07, 6.45) is 1.57. The van der Waals surface area contributed by atoms with Crippen LogP contribution < -0.4 is 4.31 Å². The number of carbonyl (C=O) groups excluding carboxylic acids is 1. The predicted octanol–water partition coefficient (Wildman–Crippen LogP) is 2.40. The molecule has 0 N–H and O–H groups in total. The molecule has 0 unspecified atom stereocenters. The molecule has 0 radical (unpaired) electrons. The van der Waals surface area contributed by atoms with Crippen LogP contribution in [-0.4, -0.2) is 29.7 Å². The lowest BCUT2D eigenvalue weighted by Gasteiger charge is -2.17. The Morgan fingerprint density at radius 3 is 2.30 bits per heavy atom. The maximum absolute atomic E-state index is 12.9. The van der Waals surface area contributed by atoms with E-state index in [9.17, 15) is 23.3 Å². The molecule has 1 aromatic carbocycles. The maximum Gasteiger partial charge on any atom is 0.288 e. The summed E-state index contributed by atoms with van der Waals surface area (Å²) in [6, 6.07) is 14.4. The SMILES string of the molecule is O=CN(c1ccccc1)S(=O)(=O)c1cc([N+](=O)[O-])cc(-c2ccccn2)n1. The molecule has 1 amide bonds. The normalized spacial score (nSPS) is 11.0. The molecule has 0 aliphatic heterocycles. The summed E-state index contributed by atoms with van der Waals surface area (Å²) < 4.78 is 26.3. The van der Waals surface area contributed by atoms with Crippen molar-refractivity contribution >= 4 is 27.8 Å². The minimum Gasteiger partial charge on any atom is -0.277 e. The Hall–Kier alpha value is -3.66. The fourth-order valence-corrected chi connectivity index (χ4v) is 3.50. The Balaban J connectivity index is 2.19. The minimum absolute atomic E-state index is 0.00212. The zero-order valence-electron chi connectivity index (χ0n) is 13.7. The lowest BCUT2D eigenvalue weighted by Crippen LogP contribution is -2.30. The van der Waals surface area contributed by atoms with Crippen LogP contribution in [0.1, 0.15) is 0 Å². The van der Waals surface area contributed by atoms with Crippen LogP contribution in [0.25, 0.3) is 11.4 Å². The van der Waals surface area contributed by atoms with E-state index in [0.717, 1.165) is 12.1 Å². The first-order chi connectivity index (χ1) is 12.9. The number of benzene rings is 1. The van der Waals surface area contributed by atoms with Crippen molar-refractivity contribution in [2.45, 2.75) is 5.03 Å². The van der Waals surface area contributed by atoms with Crippen molar-refractivity contribution in [3.05, 3.63) is 77.0 Å². The van der Waals surface area contributed by atoms with Crippen LogP contribution >= 0.6 is 0 Å². The van der Waals surface area contributed by atoms with Gasteiger partial charge in [0.15, 0.2) is 5.03 Å². The molecule has 27 heavy (non-hydrogen) atoms. The smallest absolute Gasteiger partial charge is 0.277 e. The van der Waals surface area contributed by atoms with Crippen molar-refractivity contribution in [1.29, 1.82) is 0 Å². The van der Waals surface area contributed by atoms with E-state index < -0.39 is 25.7 Å². The topological polar surface area (TPSA) is 123 Å². The number of nitrogens with zero attached hydrogens (tertiary/aromatic N) is 4. The lowest BCUT2D eigenvalue weighted by atomic mass is 10.2. The molecular formula is C17H12N4O5S. The monoisotopic (exact) mass is 384 g/mol. The molecule has 2 heterocycles. The van der Waals surface area contributed by atoms with Gasteiger partial charge in [0.25, 0.3) is 15.7 Å². The van der Waals surface area contributed by atoms with Crippen LogP contribution in [0.3, 0.4) is 0 Å². The summed E-state index contributed by atoms with van der Waals surface area (Å²) in [7, 11) is -4.47. The van der Waals surface area contributed by atoms with E-state index in [0.29, 0.717) is 4.31 Å². The maximum atomic E-state index is 12.9. The highest BCUT2D eigenvalue weighted by molar-refractivity contribution is 7.93. The van der Waals surface area contributed by atoms with Gasteiger partial charge in [-0.25, -0.2) is 9.29 Å². The molecule has 0 spiro atoms. The predicted molar refractivity (Wildman–Crippen MR) is 96.3 cm³/mol. The highest BCUT2D eigenvalue weighted by Gasteiger charge is 2.29. The molecule has 136 valence electrons. The standard InChI is InChI=1S/C17H12N4O5S/c22-12-20(13-6-2-1-3-7-13)27(25,26)17-11-14(21(23)24)10-16(19-17)15-8-4-5-9-18-15/h1-12H. The molecule has 3 rings (SSSR count). The molecule has 0 bridgehead atoms. The fourth-order valence-electron chi connectivity index (χ4n) is 2.31. The molecular weight excluding hydrogens is 372 g/mol. The number of hydrogen-bond acceptors (Lipinski definition) is 7. The number of anilines is 1. The number of para-hydroxylation sites is 1. The molecule has 0 aliphatic carbocycles. The highest BCUT2D eigenvalue weighted by atomic mass is 32.2. The molecule has 0 saturated heterocycles. The van der Waals surface area contributed by atoms with E-state index in [4.69, 9.17) is 0 Å². The summed E-state index contributed by atoms with van der Waals surface area (Å²) in [5.41, 5.74) is -0.138. The molecule has 0 saturated carbocycles. The summed E-state index contributed by atoms with van der Waals surface area (Å²) in [4.78, 5) is 30.0. The number of pyridine rings is 2. The van der Waals surface area contributed by atoms with Crippen LogP contribution in [0.5, 0.6) is 0 Å². The zero-order valence-corrected chi connectivity index (χ0v) is 14.5. The Bertz CT molecular complexity index is 1090. The van der Waals surface area contributed by atoms with Gasteiger partial charge < -0.3 is 0 Å². The first kappa shape index (κ1) is 18.1. The van der Waals surface area contributed by atoms with Crippen LogP contribution in [0.4, 0.5) is 11.4 Å². The van der Waals surface area contributed by atoms with Gasteiger partial charge in [-0.3, -0.25) is 19.9 Å². The number of nitro groups is 1. The largest absolute Gasteiger partial charge is 0.288 e. The number of sulfonamides is 1. The van der Waals surface area contributed by atoms with Gasteiger partial charge in [-0.05, 0) is 24.3 Å². The van der Waals surface area contributed by atoms with Crippen LogP contribution in [0.2, 0.25) is 0 Å². The van der Waals surface area contributed by atoms with Gasteiger partial charge in [-0.15, -0.1) is 0 Å². The second-order valence-electron chi connectivity index (χ2n) is 5.26. The Morgan fingerprint density at radius 1 is 1.00 bits per heavy atom. The van der Waals surface area contributed by atoms with Gasteiger partial charge >= 0.3 is 0 Å². The highest BCUT2D eigenvalue weighted by Crippen LogP contribution is 2.27. The molecule has 10 heteroatoms. The first-order valence-electron chi connectivity index (χ1n) is 7.56. The minimum atomic E-state index is -4.47. The zero-order chi connectivity index (χ0) is 19.4. The van der Waals surface area contributed by atoms with Gasteiger partial charge in [-0.2, -0.15) is 8.42 Å². The van der Waals surface area contributed by atoms with E-state index in [-0.39, 0.29) is 23.5 Å². The molecule has 0 aliphatic rings. The van der Waals surface area contributed by atoms with Crippen LogP contribution in [0.15, 0.2) is 71.9 Å². The van der Waals surface area contributed by atoms with Crippen molar-refractivity contribution in [2.24, 2.45) is 0 Å². The second kappa shape index (κ2) is 7.30. The van der Waals surface area contributed by atoms with Gasteiger partial charge in [0.2, 0.25) is 6.41 Å². The average Bonchev–Trinajstić information content (AvgIpc) is 2.69. The van der Waals surface area contributed by atoms with E-state index in [1.807, 2.05) is 0 Å². The number of carbonyl (C=O) groups is 1. The third-order valence-electron chi connectivity index (χ3n) is 3.55. The molecule has 3 aromatic rings.